The van der Waals surface area contributed by atoms with Crippen LogP contribution < -0.4 is 5.32 Å². The fourth-order valence-electron chi connectivity index (χ4n) is 1.95. The smallest absolute Gasteiger partial charge is 0.210 e. The minimum absolute atomic E-state index is 0.822. The fourth-order valence-corrected chi connectivity index (χ4v) is 3.65. The van der Waals surface area contributed by atoms with Gasteiger partial charge in [-0.15, -0.1) is 10.2 Å². The van der Waals surface area contributed by atoms with E-state index in [1.165, 1.54) is 16.7 Å². The summed E-state index contributed by atoms with van der Waals surface area (Å²) in [6.45, 7) is 4.21. The summed E-state index contributed by atoms with van der Waals surface area (Å²) in [5.74, 6) is 0.853. The summed E-state index contributed by atoms with van der Waals surface area (Å²) in [7, 11) is 0. The van der Waals surface area contributed by atoms with E-state index in [1.54, 1.807) is 29.3 Å². The van der Waals surface area contributed by atoms with Gasteiger partial charge in [-0.05, 0) is 42.7 Å². The molecule has 0 spiro atoms. The van der Waals surface area contributed by atoms with Gasteiger partial charge in [0.2, 0.25) is 5.13 Å². The minimum atomic E-state index is 0.822. The SMILES string of the molecule is Cc1cccc(Nc2nnc(SCc3cccnc3)s2)c1C. The van der Waals surface area contributed by atoms with Crippen molar-refractivity contribution in [1.82, 2.24) is 15.2 Å². The summed E-state index contributed by atoms with van der Waals surface area (Å²) in [4.78, 5) is 4.12. The Balaban J connectivity index is 1.65. The maximum absolute atomic E-state index is 4.23. The monoisotopic (exact) mass is 328 g/mol. The lowest BCUT2D eigenvalue weighted by Gasteiger charge is -2.08. The molecule has 3 aromatic rings. The van der Waals surface area contributed by atoms with E-state index in [0.717, 1.165) is 20.9 Å². The third kappa shape index (κ3) is 3.64. The highest BCUT2D eigenvalue weighted by Crippen LogP contribution is 2.30. The molecule has 0 aliphatic carbocycles. The number of thioether (sulfide) groups is 1. The van der Waals surface area contributed by atoms with E-state index in [1.807, 2.05) is 18.3 Å². The molecule has 1 aromatic carbocycles. The van der Waals surface area contributed by atoms with Gasteiger partial charge in [-0.3, -0.25) is 4.98 Å². The van der Waals surface area contributed by atoms with Crippen LogP contribution in [0.1, 0.15) is 16.7 Å². The molecule has 0 bridgehead atoms. The Kier molecular flexibility index (Phi) is 4.70. The average molecular weight is 328 g/mol. The van der Waals surface area contributed by atoms with Gasteiger partial charge in [0.05, 0.1) is 0 Å². The molecule has 0 aliphatic rings. The first-order chi connectivity index (χ1) is 10.7. The second kappa shape index (κ2) is 6.89. The number of anilines is 2. The molecule has 3 rings (SSSR count). The average Bonchev–Trinajstić information content (AvgIpc) is 2.98. The zero-order valence-electron chi connectivity index (χ0n) is 12.4. The van der Waals surface area contributed by atoms with E-state index in [-0.39, 0.29) is 0 Å². The van der Waals surface area contributed by atoms with Crippen molar-refractivity contribution in [2.75, 3.05) is 5.32 Å². The molecule has 0 radical (unpaired) electrons. The number of nitrogens with one attached hydrogen (secondary N) is 1. The van der Waals surface area contributed by atoms with Gasteiger partial charge in [-0.2, -0.15) is 0 Å². The van der Waals surface area contributed by atoms with Crippen LogP contribution in [0, 0.1) is 13.8 Å². The molecule has 0 amide bonds. The van der Waals surface area contributed by atoms with Gasteiger partial charge in [0, 0.05) is 23.8 Å². The van der Waals surface area contributed by atoms with Gasteiger partial charge in [0.25, 0.3) is 0 Å². The van der Waals surface area contributed by atoms with E-state index in [9.17, 15) is 0 Å². The predicted molar refractivity (Wildman–Crippen MR) is 92.9 cm³/mol. The van der Waals surface area contributed by atoms with Crippen molar-refractivity contribution in [3.8, 4) is 0 Å². The van der Waals surface area contributed by atoms with Gasteiger partial charge in [0.1, 0.15) is 0 Å². The highest BCUT2D eigenvalue weighted by atomic mass is 32.2. The largest absolute Gasteiger partial charge is 0.330 e. The van der Waals surface area contributed by atoms with Gasteiger partial charge >= 0.3 is 0 Å². The van der Waals surface area contributed by atoms with E-state index >= 15 is 0 Å². The van der Waals surface area contributed by atoms with Crippen LogP contribution in [0.2, 0.25) is 0 Å². The summed E-state index contributed by atoms with van der Waals surface area (Å²) in [5, 5.41) is 12.6. The molecule has 4 nitrogen and oxygen atoms in total. The van der Waals surface area contributed by atoms with Crippen LogP contribution in [0.15, 0.2) is 47.1 Å². The molecule has 2 heterocycles. The molecule has 0 atom stereocenters. The second-order valence-electron chi connectivity index (χ2n) is 4.90. The van der Waals surface area contributed by atoms with Gasteiger partial charge in [0.15, 0.2) is 4.34 Å². The van der Waals surface area contributed by atoms with E-state index in [4.69, 9.17) is 0 Å². The Morgan fingerprint density at radius 1 is 1.14 bits per heavy atom. The molecule has 0 unspecified atom stereocenters. The molecule has 6 heteroatoms. The highest BCUT2D eigenvalue weighted by molar-refractivity contribution is 8.00. The molecule has 0 saturated heterocycles. The Bertz CT molecular complexity index is 756. The standard InChI is InChI=1S/C16H16N4S2/c1-11-5-3-7-14(12(11)2)18-15-19-20-16(22-15)21-10-13-6-4-8-17-9-13/h3-9H,10H2,1-2H3,(H,18,19). The number of aromatic nitrogens is 3. The van der Waals surface area contributed by atoms with E-state index in [0.29, 0.717) is 0 Å². The van der Waals surface area contributed by atoms with Crippen molar-refractivity contribution < 1.29 is 0 Å². The predicted octanol–water partition coefficient (Wildman–Crippen LogP) is 4.59. The summed E-state index contributed by atoms with van der Waals surface area (Å²) in [6.07, 6.45) is 3.66. The molecule has 0 aliphatic heterocycles. The topological polar surface area (TPSA) is 50.7 Å². The Morgan fingerprint density at radius 2 is 2.05 bits per heavy atom. The number of benzene rings is 1. The highest BCUT2D eigenvalue weighted by Gasteiger charge is 2.07. The Hall–Kier alpha value is -1.92. The molecular weight excluding hydrogens is 312 g/mol. The number of nitrogens with zero attached hydrogens (tertiary/aromatic N) is 3. The van der Waals surface area contributed by atoms with Crippen LogP contribution in [0.25, 0.3) is 0 Å². The maximum atomic E-state index is 4.23. The normalized spacial score (nSPS) is 10.6. The lowest BCUT2D eigenvalue weighted by Crippen LogP contribution is -1.94. The van der Waals surface area contributed by atoms with E-state index < -0.39 is 0 Å². The first-order valence-electron chi connectivity index (χ1n) is 6.91. The van der Waals surface area contributed by atoms with Crippen LogP contribution in [0.5, 0.6) is 0 Å². The quantitative estimate of drug-likeness (QED) is 0.694. The van der Waals surface area contributed by atoms with Crippen LogP contribution in [-0.2, 0) is 5.75 Å². The second-order valence-corrected chi connectivity index (χ2v) is 7.10. The van der Waals surface area contributed by atoms with Crippen LogP contribution in [0.4, 0.5) is 10.8 Å². The van der Waals surface area contributed by atoms with Crippen molar-refractivity contribution >= 4 is 33.9 Å². The molecular formula is C16H16N4S2. The maximum Gasteiger partial charge on any atom is 0.210 e. The summed E-state index contributed by atoms with van der Waals surface area (Å²) < 4.78 is 0.955. The number of hydrogen-bond donors (Lipinski definition) is 1. The molecule has 1 N–H and O–H groups in total. The first-order valence-corrected chi connectivity index (χ1v) is 8.71. The Morgan fingerprint density at radius 3 is 2.86 bits per heavy atom. The third-order valence-corrected chi connectivity index (χ3v) is 5.38. The number of rotatable bonds is 5. The molecule has 22 heavy (non-hydrogen) atoms. The summed E-state index contributed by atoms with van der Waals surface area (Å²) in [6, 6.07) is 10.2. The number of aryl methyl sites for hydroxylation is 1. The van der Waals surface area contributed by atoms with Crippen LogP contribution >= 0.6 is 23.1 Å². The molecule has 0 fully saturated rings. The van der Waals surface area contributed by atoms with Crippen molar-refractivity contribution in [3.63, 3.8) is 0 Å². The summed E-state index contributed by atoms with van der Waals surface area (Å²) >= 11 is 3.25. The first kappa shape index (κ1) is 15.0. The van der Waals surface area contributed by atoms with Crippen LogP contribution in [-0.4, -0.2) is 15.2 Å². The molecule has 0 saturated carbocycles. The fraction of sp³-hybridized carbons (Fsp3) is 0.188. The molecule has 2 aromatic heterocycles. The van der Waals surface area contributed by atoms with Crippen molar-refractivity contribution in [2.45, 2.75) is 23.9 Å². The lowest BCUT2D eigenvalue weighted by molar-refractivity contribution is 1.01. The van der Waals surface area contributed by atoms with Gasteiger partial charge in [-0.25, -0.2) is 0 Å². The van der Waals surface area contributed by atoms with Gasteiger partial charge < -0.3 is 5.32 Å². The number of hydrogen-bond acceptors (Lipinski definition) is 6. The van der Waals surface area contributed by atoms with Crippen molar-refractivity contribution in [2.24, 2.45) is 0 Å². The zero-order valence-corrected chi connectivity index (χ0v) is 14.0. The van der Waals surface area contributed by atoms with Crippen LogP contribution in [0.3, 0.4) is 0 Å². The summed E-state index contributed by atoms with van der Waals surface area (Å²) in [5.41, 5.74) is 4.77. The zero-order chi connectivity index (χ0) is 15.4. The van der Waals surface area contributed by atoms with Crippen molar-refractivity contribution in [3.05, 3.63) is 59.4 Å². The van der Waals surface area contributed by atoms with E-state index in [2.05, 4.69) is 52.5 Å². The Labute approximate surface area is 138 Å². The lowest BCUT2D eigenvalue weighted by atomic mass is 10.1. The van der Waals surface area contributed by atoms with Crippen molar-refractivity contribution in [1.29, 1.82) is 0 Å². The number of pyridine rings is 1. The van der Waals surface area contributed by atoms with Gasteiger partial charge in [-0.1, -0.05) is 41.3 Å². The minimum Gasteiger partial charge on any atom is -0.330 e. The third-order valence-electron chi connectivity index (χ3n) is 3.34. The molecule has 112 valence electrons.